The van der Waals surface area contributed by atoms with Crippen molar-refractivity contribution in [2.75, 3.05) is 5.32 Å². The number of aromatic nitrogens is 2. The zero-order chi connectivity index (χ0) is 21.6. The molecule has 2 aromatic heterocycles. The molecule has 1 amide bonds. The number of benzene rings is 1. The third-order valence-corrected chi connectivity index (χ3v) is 5.89. The molecule has 1 aromatic carbocycles. The van der Waals surface area contributed by atoms with Crippen LogP contribution in [0.5, 0.6) is 0 Å². The molecule has 1 aliphatic carbocycles. The lowest BCUT2D eigenvalue weighted by molar-refractivity contribution is -0.0309. The van der Waals surface area contributed by atoms with Crippen LogP contribution in [0.15, 0.2) is 24.4 Å². The summed E-state index contributed by atoms with van der Waals surface area (Å²) in [4.78, 5) is 21.0. The topological polar surface area (TPSA) is 114 Å². The monoisotopic (exact) mass is 405 g/mol. The lowest BCUT2D eigenvalue weighted by Gasteiger charge is -2.42. The second-order valence-electron chi connectivity index (χ2n) is 9.06. The molecule has 1 saturated carbocycles. The maximum Gasteiger partial charge on any atom is 0.255 e. The highest BCUT2D eigenvalue weighted by atomic mass is 16.3. The van der Waals surface area contributed by atoms with Crippen molar-refractivity contribution in [1.82, 2.24) is 15.3 Å². The van der Waals surface area contributed by atoms with E-state index in [1.807, 2.05) is 33.8 Å². The highest BCUT2D eigenvalue weighted by molar-refractivity contribution is 6.14. The van der Waals surface area contributed by atoms with Gasteiger partial charge >= 0.3 is 0 Å². The highest BCUT2D eigenvalue weighted by Crippen LogP contribution is 2.37. The Balaban J connectivity index is 1.69. The largest absolute Gasteiger partial charge is 0.390 e. The Morgan fingerprint density at radius 2 is 2.10 bits per heavy atom. The Morgan fingerprint density at radius 3 is 2.73 bits per heavy atom. The number of amides is 1. The molecule has 3 aromatic rings. The van der Waals surface area contributed by atoms with E-state index >= 15 is 0 Å². The summed E-state index contributed by atoms with van der Waals surface area (Å²) in [5, 5.41) is 26.7. The molecule has 0 atom stereocenters. The number of nitrogens with one attached hydrogen (secondary N) is 3. The number of aromatic amines is 1. The number of carbonyl (C=O) groups is 1. The first kappa shape index (κ1) is 20.2. The predicted octanol–water partition coefficient (Wildman–Crippen LogP) is 3.69. The third-order valence-electron chi connectivity index (χ3n) is 5.89. The fourth-order valence-electron chi connectivity index (χ4n) is 4.08. The van der Waals surface area contributed by atoms with Gasteiger partial charge in [0.25, 0.3) is 5.91 Å². The normalized spacial score (nSPS) is 19.0. The van der Waals surface area contributed by atoms with Crippen molar-refractivity contribution >= 4 is 33.5 Å². The second-order valence-corrected chi connectivity index (χ2v) is 9.06. The number of pyridine rings is 1. The Morgan fingerprint density at radius 1 is 1.37 bits per heavy atom. The number of fused-ring (bicyclic) bond motifs is 3. The molecule has 0 spiro atoms. The minimum Gasteiger partial charge on any atom is -0.390 e. The average Bonchev–Trinajstić information content (AvgIpc) is 3.01. The first-order valence-corrected chi connectivity index (χ1v) is 10.3. The highest BCUT2D eigenvalue weighted by Gasteiger charge is 2.39. The van der Waals surface area contributed by atoms with Crippen LogP contribution in [0.25, 0.3) is 21.9 Å². The zero-order valence-corrected chi connectivity index (χ0v) is 17.7. The maximum absolute atomic E-state index is 13.1. The van der Waals surface area contributed by atoms with Crippen molar-refractivity contribution in [3.05, 3.63) is 35.5 Å². The predicted molar refractivity (Wildman–Crippen MR) is 117 cm³/mol. The van der Waals surface area contributed by atoms with Crippen LogP contribution in [-0.2, 0) is 0 Å². The number of carbonyl (C=O) groups excluding carboxylic acids is 1. The van der Waals surface area contributed by atoms with Crippen LogP contribution < -0.4 is 10.6 Å². The Bertz CT molecular complexity index is 1160. The molecule has 0 radical (unpaired) electrons. The number of anilines is 1. The van der Waals surface area contributed by atoms with Gasteiger partial charge in [-0.25, -0.2) is 0 Å². The minimum atomic E-state index is -0.724. The van der Waals surface area contributed by atoms with Gasteiger partial charge in [-0.15, -0.1) is 0 Å². The van der Waals surface area contributed by atoms with Gasteiger partial charge in [-0.1, -0.05) is 0 Å². The third kappa shape index (κ3) is 3.59. The van der Waals surface area contributed by atoms with Gasteiger partial charge in [-0.2, -0.15) is 5.26 Å². The van der Waals surface area contributed by atoms with Gasteiger partial charge < -0.3 is 20.7 Å². The summed E-state index contributed by atoms with van der Waals surface area (Å²) in [6.07, 6.45) is 3.14. The molecular weight excluding hydrogens is 378 g/mol. The van der Waals surface area contributed by atoms with E-state index in [1.165, 1.54) is 0 Å². The van der Waals surface area contributed by atoms with Crippen LogP contribution in [0, 0.1) is 17.2 Å². The molecule has 0 bridgehead atoms. The number of aliphatic hydroxyl groups is 1. The van der Waals surface area contributed by atoms with Crippen LogP contribution in [0.2, 0.25) is 0 Å². The van der Waals surface area contributed by atoms with Crippen molar-refractivity contribution in [3.63, 3.8) is 0 Å². The fraction of sp³-hybridized carbons (Fsp3) is 0.435. The van der Waals surface area contributed by atoms with E-state index in [9.17, 15) is 15.2 Å². The van der Waals surface area contributed by atoms with E-state index < -0.39 is 5.60 Å². The molecule has 0 saturated heterocycles. The smallest absolute Gasteiger partial charge is 0.255 e. The molecule has 4 rings (SSSR count). The molecule has 7 nitrogen and oxygen atoms in total. The first-order valence-electron chi connectivity index (χ1n) is 10.3. The maximum atomic E-state index is 13.1. The van der Waals surface area contributed by atoms with Gasteiger partial charge in [0.1, 0.15) is 0 Å². The second kappa shape index (κ2) is 7.29. The van der Waals surface area contributed by atoms with Crippen LogP contribution in [0.3, 0.4) is 0 Å². The summed E-state index contributed by atoms with van der Waals surface area (Å²) < 4.78 is 0. The summed E-state index contributed by atoms with van der Waals surface area (Å²) in [6, 6.07) is 7.76. The van der Waals surface area contributed by atoms with Crippen molar-refractivity contribution in [3.8, 4) is 6.07 Å². The van der Waals surface area contributed by atoms with Crippen LogP contribution in [-0.4, -0.2) is 38.7 Å². The lowest BCUT2D eigenvalue weighted by atomic mass is 9.71. The van der Waals surface area contributed by atoms with E-state index in [4.69, 9.17) is 0 Å². The number of nitrogens with zero attached hydrogens (tertiary/aromatic N) is 2. The molecule has 1 aliphatic rings. The molecule has 30 heavy (non-hydrogen) atoms. The van der Waals surface area contributed by atoms with Gasteiger partial charge in [0.05, 0.1) is 39.5 Å². The summed E-state index contributed by atoms with van der Waals surface area (Å²) in [6.45, 7) is 7.66. The van der Waals surface area contributed by atoms with Crippen LogP contribution >= 0.6 is 0 Å². The van der Waals surface area contributed by atoms with E-state index in [0.29, 0.717) is 16.8 Å². The molecule has 0 aliphatic heterocycles. The molecule has 1 fully saturated rings. The number of rotatable bonds is 5. The van der Waals surface area contributed by atoms with Gasteiger partial charge in [0.2, 0.25) is 0 Å². The summed E-state index contributed by atoms with van der Waals surface area (Å²) in [5.74, 6) is 0.0165. The van der Waals surface area contributed by atoms with Crippen molar-refractivity contribution in [2.45, 2.75) is 58.2 Å². The number of hydrogen-bond donors (Lipinski definition) is 4. The standard InChI is InChI=1S/C23H27N5O2/c1-12(2)26-20-17(22(29)27-15-8-14(9-15)23(3,4)30)11-25-19-16-6-5-13(10-24)7-18(16)28-21(19)20/h5-7,11-12,14-15,28,30H,8-9H2,1-4H3,(H,25,26)(H,27,29). The van der Waals surface area contributed by atoms with Crippen molar-refractivity contribution in [1.29, 1.82) is 5.26 Å². The molecule has 2 heterocycles. The van der Waals surface area contributed by atoms with E-state index in [2.05, 4.69) is 26.7 Å². The first-order chi connectivity index (χ1) is 14.2. The Hall–Kier alpha value is -3.11. The molecule has 156 valence electrons. The van der Waals surface area contributed by atoms with Crippen molar-refractivity contribution in [2.24, 2.45) is 5.92 Å². The SMILES string of the molecule is CC(C)Nc1c(C(=O)NC2CC(C(C)(C)O)C2)cnc2c1[nH]c1cc(C#N)ccc12. The quantitative estimate of drug-likeness (QED) is 0.517. The van der Waals surface area contributed by atoms with Crippen molar-refractivity contribution < 1.29 is 9.90 Å². The minimum absolute atomic E-state index is 0.0532. The van der Waals surface area contributed by atoms with E-state index in [1.54, 1.807) is 18.3 Å². The van der Waals surface area contributed by atoms with Gasteiger partial charge in [0, 0.05) is 29.2 Å². The van der Waals surface area contributed by atoms with E-state index in [-0.39, 0.29) is 23.9 Å². The number of H-pyrrole nitrogens is 1. The average molecular weight is 406 g/mol. The number of nitriles is 1. The van der Waals surface area contributed by atoms with Crippen LogP contribution in [0.4, 0.5) is 5.69 Å². The van der Waals surface area contributed by atoms with Gasteiger partial charge in [-0.3, -0.25) is 9.78 Å². The summed E-state index contributed by atoms with van der Waals surface area (Å²) in [7, 11) is 0. The Labute approximate surface area is 175 Å². The molecular formula is C23H27N5O2. The van der Waals surface area contributed by atoms with Crippen LogP contribution in [0.1, 0.15) is 56.5 Å². The van der Waals surface area contributed by atoms with E-state index in [0.717, 1.165) is 34.8 Å². The number of hydrogen-bond acceptors (Lipinski definition) is 5. The molecule has 7 heteroatoms. The lowest BCUT2D eigenvalue weighted by Crippen LogP contribution is -2.51. The van der Waals surface area contributed by atoms with Gasteiger partial charge in [-0.05, 0) is 64.7 Å². The molecule has 4 N–H and O–H groups in total. The zero-order valence-electron chi connectivity index (χ0n) is 17.7. The molecule has 0 unspecified atom stereocenters. The van der Waals surface area contributed by atoms with Gasteiger partial charge in [0.15, 0.2) is 0 Å². The fourth-order valence-corrected chi connectivity index (χ4v) is 4.08. The summed E-state index contributed by atoms with van der Waals surface area (Å²) in [5.41, 5.74) is 3.36. The Kier molecular flexibility index (Phi) is 4.91. The summed E-state index contributed by atoms with van der Waals surface area (Å²) >= 11 is 0.